The van der Waals surface area contributed by atoms with E-state index in [0.717, 1.165) is 11.3 Å². The Morgan fingerprint density at radius 1 is 1.17 bits per heavy atom. The molecule has 0 saturated carbocycles. The van der Waals surface area contributed by atoms with Crippen LogP contribution in [0, 0.1) is 0 Å². The zero-order valence-electron chi connectivity index (χ0n) is 12.8. The van der Waals surface area contributed by atoms with Gasteiger partial charge in [0, 0.05) is 10.0 Å². The minimum Gasteiger partial charge on any atom is -0.494 e. The lowest BCUT2D eigenvalue weighted by atomic mass is 10.2. The van der Waals surface area contributed by atoms with Gasteiger partial charge in [-0.2, -0.15) is 0 Å². The molecule has 0 unspecified atom stereocenters. The quantitative estimate of drug-likeness (QED) is 0.711. The number of anilines is 1. The number of hydrogen-bond acceptors (Lipinski definition) is 5. The van der Waals surface area contributed by atoms with E-state index >= 15 is 0 Å². The lowest BCUT2D eigenvalue weighted by Gasteiger charge is -2.03. The normalized spacial score (nSPS) is 10.4. The van der Waals surface area contributed by atoms with Gasteiger partial charge in [0.05, 0.1) is 12.2 Å². The molecule has 0 aliphatic carbocycles. The van der Waals surface area contributed by atoms with Gasteiger partial charge in [-0.15, -0.1) is 5.10 Å². The Bertz CT molecular complexity index is 846. The first-order valence-electron chi connectivity index (χ1n) is 7.30. The average Bonchev–Trinajstić information content (AvgIpc) is 3.04. The van der Waals surface area contributed by atoms with Gasteiger partial charge < -0.3 is 9.15 Å². The van der Waals surface area contributed by atoms with Crippen molar-refractivity contribution in [2.45, 2.75) is 6.92 Å². The van der Waals surface area contributed by atoms with Crippen LogP contribution < -0.4 is 10.1 Å². The first kappa shape index (κ1) is 16.2. The molecule has 0 spiro atoms. The lowest BCUT2D eigenvalue weighted by Crippen LogP contribution is -2.12. The second kappa shape index (κ2) is 7.27. The van der Waals surface area contributed by atoms with Gasteiger partial charge in [-0.05, 0) is 59.3 Å². The van der Waals surface area contributed by atoms with Crippen LogP contribution in [0.1, 0.15) is 17.3 Å². The van der Waals surface area contributed by atoms with Crippen LogP contribution in [-0.2, 0) is 0 Å². The summed E-state index contributed by atoms with van der Waals surface area (Å²) < 4.78 is 11.6. The Morgan fingerprint density at radius 2 is 1.92 bits per heavy atom. The SMILES string of the molecule is CCOc1ccc(-c2nnc(NC(=O)c3ccccc3Br)o2)cc1. The fourth-order valence-corrected chi connectivity index (χ4v) is 2.53. The number of ether oxygens (including phenoxy) is 1. The highest BCUT2D eigenvalue weighted by molar-refractivity contribution is 9.10. The van der Waals surface area contributed by atoms with Crippen molar-refractivity contribution in [1.29, 1.82) is 0 Å². The number of nitrogens with one attached hydrogen (secondary N) is 1. The topological polar surface area (TPSA) is 77.3 Å². The third kappa shape index (κ3) is 3.62. The van der Waals surface area contributed by atoms with Crippen LogP contribution in [0.15, 0.2) is 57.4 Å². The molecule has 1 amide bonds. The van der Waals surface area contributed by atoms with Crippen molar-refractivity contribution in [3.8, 4) is 17.2 Å². The number of aromatic nitrogens is 2. The first-order valence-corrected chi connectivity index (χ1v) is 8.09. The molecular formula is C17H14BrN3O3. The number of carbonyl (C=O) groups is 1. The van der Waals surface area contributed by atoms with E-state index in [1.807, 2.05) is 37.3 Å². The summed E-state index contributed by atoms with van der Waals surface area (Å²) in [6, 6.07) is 14.4. The predicted octanol–water partition coefficient (Wildman–Crippen LogP) is 4.15. The number of carbonyl (C=O) groups excluding carboxylic acids is 1. The Kier molecular flexibility index (Phi) is 4.90. The lowest BCUT2D eigenvalue weighted by molar-refractivity contribution is 0.102. The van der Waals surface area contributed by atoms with Crippen molar-refractivity contribution in [2.75, 3.05) is 11.9 Å². The van der Waals surface area contributed by atoms with Crippen molar-refractivity contribution in [1.82, 2.24) is 10.2 Å². The second-order valence-corrected chi connectivity index (χ2v) is 5.66. The molecule has 3 aromatic rings. The molecule has 2 aromatic carbocycles. The smallest absolute Gasteiger partial charge is 0.322 e. The van der Waals surface area contributed by atoms with Crippen molar-refractivity contribution in [3.63, 3.8) is 0 Å². The first-order chi connectivity index (χ1) is 11.7. The number of nitrogens with zero attached hydrogens (tertiary/aromatic N) is 2. The third-order valence-corrected chi connectivity index (χ3v) is 3.87. The molecule has 1 N–H and O–H groups in total. The molecule has 0 atom stereocenters. The highest BCUT2D eigenvalue weighted by Crippen LogP contribution is 2.23. The summed E-state index contributed by atoms with van der Waals surface area (Å²) in [4.78, 5) is 12.2. The van der Waals surface area contributed by atoms with Crippen molar-refractivity contribution >= 4 is 27.9 Å². The Balaban J connectivity index is 1.73. The molecule has 1 heterocycles. The van der Waals surface area contributed by atoms with Gasteiger partial charge in [0.2, 0.25) is 5.89 Å². The van der Waals surface area contributed by atoms with Gasteiger partial charge in [0.1, 0.15) is 5.75 Å². The molecule has 0 saturated heterocycles. The Hall–Kier alpha value is -2.67. The highest BCUT2D eigenvalue weighted by Gasteiger charge is 2.14. The molecule has 0 fully saturated rings. The van der Waals surface area contributed by atoms with E-state index in [1.165, 1.54) is 0 Å². The monoisotopic (exact) mass is 387 g/mol. The van der Waals surface area contributed by atoms with Crippen LogP contribution in [0.5, 0.6) is 5.75 Å². The Labute approximate surface area is 147 Å². The fraction of sp³-hybridized carbons (Fsp3) is 0.118. The maximum absolute atomic E-state index is 12.2. The Morgan fingerprint density at radius 3 is 2.62 bits per heavy atom. The molecule has 0 aliphatic heterocycles. The maximum Gasteiger partial charge on any atom is 0.322 e. The van der Waals surface area contributed by atoms with E-state index in [-0.39, 0.29) is 11.9 Å². The van der Waals surface area contributed by atoms with Gasteiger partial charge >= 0.3 is 6.01 Å². The summed E-state index contributed by atoms with van der Waals surface area (Å²) in [5.74, 6) is 0.757. The molecule has 1 aromatic heterocycles. The molecule has 7 heteroatoms. The molecule has 24 heavy (non-hydrogen) atoms. The highest BCUT2D eigenvalue weighted by atomic mass is 79.9. The summed E-state index contributed by atoms with van der Waals surface area (Å²) >= 11 is 3.33. The van der Waals surface area contributed by atoms with Crippen LogP contribution in [0.3, 0.4) is 0 Å². The number of hydrogen-bond donors (Lipinski definition) is 1. The summed E-state index contributed by atoms with van der Waals surface area (Å²) in [6.07, 6.45) is 0. The van der Waals surface area contributed by atoms with E-state index in [2.05, 4.69) is 31.4 Å². The zero-order chi connectivity index (χ0) is 16.9. The van der Waals surface area contributed by atoms with Gasteiger partial charge in [-0.25, -0.2) is 0 Å². The van der Waals surface area contributed by atoms with Gasteiger partial charge in [-0.1, -0.05) is 17.2 Å². The molecular weight excluding hydrogens is 374 g/mol. The van der Waals surface area contributed by atoms with E-state index in [9.17, 15) is 4.79 Å². The number of benzene rings is 2. The fourth-order valence-electron chi connectivity index (χ4n) is 2.06. The van der Waals surface area contributed by atoms with Gasteiger partial charge in [-0.3, -0.25) is 10.1 Å². The van der Waals surface area contributed by atoms with Crippen LogP contribution in [-0.4, -0.2) is 22.7 Å². The van der Waals surface area contributed by atoms with Crippen LogP contribution >= 0.6 is 15.9 Å². The van der Waals surface area contributed by atoms with Gasteiger partial charge in [0.25, 0.3) is 5.91 Å². The molecule has 0 radical (unpaired) electrons. The molecule has 122 valence electrons. The molecule has 6 nitrogen and oxygen atoms in total. The van der Waals surface area contributed by atoms with E-state index in [4.69, 9.17) is 9.15 Å². The maximum atomic E-state index is 12.2. The average molecular weight is 388 g/mol. The third-order valence-electron chi connectivity index (χ3n) is 3.18. The van der Waals surface area contributed by atoms with Crippen LogP contribution in [0.25, 0.3) is 11.5 Å². The number of rotatable bonds is 5. The van der Waals surface area contributed by atoms with Crippen LogP contribution in [0.2, 0.25) is 0 Å². The molecule has 3 rings (SSSR count). The van der Waals surface area contributed by atoms with Crippen molar-refractivity contribution in [2.24, 2.45) is 0 Å². The second-order valence-electron chi connectivity index (χ2n) is 4.80. The minimum atomic E-state index is -0.329. The molecule has 0 aliphatic rings. The standard InChI is InChI=1S/C17H14BrN3O3/c1-2-23-12-9-7-11(8-10-12)16-20-21-17(24-16)19-15(22)13-5-3-4-6-14(13)18/h3-10H,2H2,1H3,(H,19,21,22). The largest absolute Gasteiger partial charge is 0.494 e. The van der Waals surface area contributed by atoms with E-state index < -0.39 is 0 Å². The number of amides is 1. The summed E-state index contributed by atoms with van der Waals surface area (Å²) in [6.45, 7) is 2.52. The van der Waals surface area contributed by atoms with E-state index in [0.29, 0.717) is 22.5 Å². The van der Waals surface area contributed by atoms with Crippen molar-refractivity contribution < 1.29 is 13.9 Å². The van der Waals surface area contributed by atoms with E-state index in [1.54, 1.807) is 18.2 Å². The number of halogens is 1. The minimum absolute atomic E-state index is 0.0413. The predicted molar refractivity (Wildman–Crippen MR) is 93.0 cm³/mol. The summed E-state index contributed by atoms with van der Waals surface area (Å²) in [5, 5.41) is 10.4. The van der Waals surface area contributed by atoms with Gasteiger partial charge in [0.15, 0.2) is 0 Å². The van der Waals surface area contributed by atoms with Crippen LogP contribution in [0.4, 0.5) is 6.01 Å². The zero-order valence-corrected chi connectivity index (χ0v) is 14.4. The summed E-state index contributed by atoms with van der Waals surface area (Å²) in [7, 11) is 0. The summed E-state index contributed by atoms with van der Waals surface area (Å²) in [5.41, 5.74) is 1.23. The molecule has 0 bridgehead atoms. The van der Waals surface area contributed by atoms with Crippen molar-refractivity contribution in [3.05, 3.63) is 58.6 Å².